The zero-order valence-corrected chi connectivity index (χ0v) is 10.7. The molecule has 1 aliphatic rings. The van der Waals surface area contributed by atoms with Crippen molar-refractivity contribution in [1.82, 2.24) is 15.1 Å². The van der Waals surface area contributed by atoms with E-state index in [0.29, 0.717) is 30.2 Å². The SMILES string of the molecule is CN(C)C(=O)c1ccc(C2CCC(=O)CC2)nn1. The van der Waals surface area contributed by atoms with E-state index in [1.54, 1.807) is 20.2 Å². The second kappa shape index (κ2) is 5.25. The summed E-state index contributed by atoms with van der Waals surface area (Å²) < 4.78 is 0. The van der Waals surface area contributed by atoms with Gasteiger partial charge in [-0.05, 0) is 25.0 Å². The van der Waals surface area contributed by atoms with E-state index in [1.165, 1.54) is 4.90 Å². The molecule has 0 bridgehead atoms. The van der Waals surface area contributed by atoms with E-state index in [4.69, 9.17) is 0 Å². The van der Waals surface area contributed by atoms with Crippen molar-refractivity contribution >= 4 is 11.7 Å². The number of ketones is 1. The highest BCUT2D eigenvalue weighted by Crippen LogP contribution is 2.29. The highest BCUT2D eigenvalue weighted by molar-refractivity contribution is 5.91. The molecule has 0 aliphatic heterocycles. The topological polar surface area (TPSA) is 63.2 Å². The van der Waals surface area contributed by atoms with E-state index in [0.717, 1.165) is 18.5 Å². The third-order valence-corrected chi connectivity index (χ3v) is 3.27. The molecule has 5 nitrogen and oxygen atoms in total. The third-order valence-electron chi connectivity index (χ3n) is 3.27. The molecule has 96 valence electrons. The van der Waals surface area contributed by atoms with Gasteiger partial charge in [0.2, 0.25) is 0 Å². The molecular formula is C13H17N3O2. The summed E-state index contributed by atoms with van der Waals surface area (Å²) >= 11 is 0. The Morgan fingerprint density at radius 2 is 1.89 bits per heavy atom. The molecule has 1 saturated carbocycles. The van der Waals surface area contributed by atoms with Gasteiger partial charge in [-0.25, -0.2) is 0 Å². The molecule has 1 aromatic rings. The van der Waals surface area contributed by atoms with Crippen LogP contribution in [0, 0.1) is 0 Å². The molecule has 0 radical (unpaired) electrons. The second-order valence-electron chi connectivity index (χ2n) is 4.86. The lowest BCUT2D eigenvalue weighted by atomic mass is 9.86. The van der Waals surface area contributed by atoms with Crippen molar-refractivity contribution in [3.05, 3.63) is 23.5 Å². The Bertz CT molecular complexity index is 444. The number of hydrogen-bond acceptors (Lipinski definition) is 4. The molecule has 1 amide bonds. The first-order valence-corrected chi connectivity index (χ1v) is 6.15. The average Bonchev–Trinajstić information content (AvgIpc) is 2.39. The quantitative estimate of drug-likeness (QED) is 0.792. The van der Waals surface area contributed by atoms with Crippen LogP contribution in [0.4, 0.5) is 0 Å². The number of nitrogens with zero attached hydrogens (tertiary/aromatic N) is 3. The predicted molar refractivity (Wildman–Crippen MR) is 66.3 cm³/mol. The van der Waals surface area contributed by atoms with Crippen molar-refractivity contribution in [3.63, 3.8) is 0 Å². The third kappa shape index (κ3) is 2.72. The minimum atomic E-state index is -0.145. The maximum absolute atomic E-state index is 11.7. The Labute approximate surface area is 106 Å². The van der Waals surface area contributed by atoms with Crippen molar-refractivity contribution in [2.24, 2.45) is 0 Å². The van der Waals surface area contributed by atoms with Gasteiger partial charge in [0.25, 0.3) is 5.91 Å². The maximum Gasteiger partial charge on any atom is 0.273 e. The van der Waals surface area contributed by atoms with Gasteiger partial charge in [-0.1, -0.05) is 0 Å². The first-order chi connectivity index (χ1) is 8.58. The fourth-order valence-electron chi connectivity index (χ4n) is 2.14. The summed E-state index contributed by atoms with van der Waals surface area (Å²) in [6, 6.07) is 3.56. The van der Waals surface area contributed by atoms with E-state index in [2.05, 4.69) is 10.2 Å². The molecule has 0 N–H and O–H groups in total. The zero-order chi connectivity index (χ0) is 13.1. The molecule has 1 heterocycles. The van der Waals surface area contributed by atoms with E-state index >= 15 is 0 Å². The first-order valence-electron chi connectivity index (χ1n) is 6.15. The standard InChI is InChI=1S/C13H17N3O2/c1-16(2)13(18)12-8-7-11(14-15-12)9-3-5-10(17)6-4-9/h7-9H,3-6H2,1-2H3. The van der Waals surface area contributed by atoms with Crippen molar-refractivity contribution in [1.29, 1.82) is 0 Å². The number of Topliss-reactive ketones (excluding diaryl/α,β-unsaturated/α-hetero) is 1. The fourth-order valence-corrected chi connectivity index (χ4v) is 2.14. The van der Waals surface area contributed by atoms with Gasteiger partial charge >= 0.3 is 0 Å². The lowest BCUT2D eigenvalue weighted by molar-refractivity contribution is -0.120. The van der Waals surface area contributed by atoms with Crippen molar-refractivity contribution < 1.29 is 9.59 Å². The molecule has 1 fully saturated rings. The van der Waals surface area contributed by atoms with Gasteiger partial charge in [-0.3, -0.25) is 9.59 Å². The van der Waals surface area contributed by atoms with E-state index in [9.17, 15) is 9.59 Å². The number of carbonyl (C=O) groups excluding carboxylic acids is 2. The van der Waals surface area contributed by atoms with Crippen LogP contribution >= 0.6 is 0 Å². The van der Waals surface area contributed by atoms with E-state index < -0.39 is 0 Å². The Balaban J connectivity index is 2.08. The summed E-state index contributed by atoms with van der Waals surface area (Å²) in [6.07, 6.45) is 2.94. The molecule has 0 unspecified atom stereocenters. The monoisotopic (exact) mass is 247 g/mol. The van der Waals surface area contributed by atoms with Gasteiger partial charge in [-0.2, -0.15) is 5.10 Å². The van der Waals surface area contributed by atoms with Crippen LogP contribution in [0.3, 0.4) is 0 Å². The minimum absolute atomic E-state index is 0.145. The number of amides is 1. The molecule has 0 spiro atoms. The number of rotatable bonds is 2. The summed E-state index contributed by atoms with van der Waals surface area (Å²) in [5.74, 6) is 0.491. The van der Waals surface area contributed by atoms with Crippen LogP contribution in [0.1, 0.15) is 47.8 Å². The lowest BCUT2D eigenvalue weighted by Crippen LogP contribution is -2.23. The van der Waals surface area contributed by atoms with Crippen LogP contribution < -0.4 is 0 Å². The smallest absolute Gasteiger partial charge is 0.273 e. The van der Waals surface area contributed by atoms with Gasteiger partial charge in [-0.15, -0.1) is 5.10 Å². The molecule has 0 atom stereocenters. The first kappa shape index (κ1) is 12.7. The van der Waals surface area contributed by atoms with Crippen LogP contribution in [0.25, 0.3) is 0 Å². The normalized spacial score (nSPS) is 16.7. The van der Waals surface area contributed by atoms with E-state index in [-0.39, 0.29) is 5.91 Å². The van der Waals surface area contributed by atoms with Crippen LogP contribution in [0.5, 0.6) is 0 Å². The van der Waals surface area contributed by atoms with Crippen LogP contribution in [0.2, 0.25) is 0 Å². The van der Waals surface area contributed by atoms with Crippen LogP contribution in [0.15, 0.2) is 12.1 Å². The molecule has 0 saturated heterocycles. The molecule has 0 aromatic carbocycles. The molecular weight excluding hydrogens is 230 g/mol. The Kier molecular flexibility index (Phi) is 3.69. The second-order valence-corrected chi connectivity index (χ2v) is 4.86. The minimum Gasteiger partial charge on any atom is -0.343 e. The molecule has 18 heavy (non-hydrogen) atoms. The van der Waals surface area contributed by atoms with Gasteiger partial charge < -0.3 is 4.90 Å². The molecule has 5 heteroatoms. The predicted octanol–water partition coefficient (Wildman–Crippen LogP) is 1.41. The van der Waals surface area contributed by atoms with Crippen molar-refractivity contribution in [2.75, 3.05) is 14.1 Å². The Hall–Kier alpha value is -1.78. The van der Waals surface area contributed by atoms with Gasteiger partial charge in [0.05, 0.1) is 5.69 Å². The summed E-state index contributed by atoms with van der Waals surface area (Å²) in [4.78, 5) is 24.3. The van der Waals surface area contributed by atoms with Gasteiger partial charge in [0.1, 0.15) is 5.78 Å². The average molecular weight is 247 g/mol. The molecule has 1 aliphatic carbocycles. The Morgan fingerprint density at radius 3 is 2.39 bits per heavy atom. The summed E-state index contributed by atoms with van der Waals surface area (Å²) in [7, 11) is 3.37. The highest BCUT2D eigenvalue weighted by Gasteiger charge is 2.22. The molecule has 1 aromatic heterocycles. The van der Waals surface area contributed by atoms with Crippen LogP contribution in [-0.4, -0.2) is 40.9 Å². The maximum atomic E-state index is 11.7. The summed E-state index contributed by atoms with van der Waals surface area (Å²) in [5.41, 5.74) is 1.24. The highest BCUT2D eigenvalue weighted by atomic mass is 16.2. The van der Waals surface area contributed by atoms with Gasteiger partial charge in [0.15, 0.2) is 5.69 Å². The fraction of sp³-hybridized carbons (Fsp3) is 0.538. The molecule has 2 rings (SSSR count). The van der Waals surface area contributed by atoms with Crippen LogP contribution in [-0.2, 0) is 4.79 Å². The number of carbonyl (C=O) groups is 2. The summed E-state index contributed by atoms with van der Waals surface area (Å²) in [5, 5.41) is 8.09. The largest absolute Gasteiger partial charge is 0.343 e. The van der Waals surface area contributed by atoms with Crippen molar-refractivity contribution in [3.8, 4) is 0 Å². The lowest BCUT2D eigenvalue weighted by Gasteiger charge is -2.19. The van der Waals surface area contributed by atoms with E-state index in [1.807, 2.05) is 6.07 Å². The number of hydrogen-bond donors (Lipinski definition) is 0. The zero-order valence-electron chi connectivity index (χ0n) is 10.7. The number of aromatic nitrogens is 2. The summed E-state index contributed by atoms with van der Waals surface area (Å²) in [6.45, 7) is 0. The van der Waals surface area contributed by atoms with Gasteiger partial charge in [0, 0.05) is 32.9 Å². The Morgan fingerprint density at radius 1 is 1.22 bits per heavy atom. The van der Waals surface area contributed by atoms with Crippen molar-refractivity contribution in [2.45, 2.75) is 31.6 Å².